The first-order valence-electron chi connectivity index (χ1n) is 2.41. The van der Waals surface area contributed by atoms with Crippen LogP contribution in [0.1, 0.15) is 0 Å². The van der Waals surface area contributed by atoms with Gasteiger partial charge in [-0.2, -0.15) is 0 Å². The van der Waals surface area contributed by atoms with Crippen molar-refractivity contribution in [1.29, 1.82) is 0 Å². The van der Waals surface area contributed by atoms with Gasteiger partial charge in [0.25, 0.3) is 0 Å². The van der Waals surface area contributed by atoms with Gasteiger partial charge in [0.05, 0.1) is 13.6 Å². The molecule has 0 heterocycles. The summed E-state index contributed by atoms with van der Waals surface area (Å²) in [5.74, 6) is 0. The van der Waals surface area contributed by atoms with Gasteiger partial charge in [-0.05, 0) is 7.05 Å². The molecule has 1 atom stereocenters. The van der Waals surface area contributed by atoms with E-state index in [1.165, 1.54) is 0 Å². The number of nitrogens with one attached hydrogen (secondary N) is 2. The zero-order valence-electron chi connectivity index (χ0n) is 4.82. The first kappa shape index (κ1) is 6.88. The Hall–Kier alpha value is -0.120. The lowest BCUT2D eigenvalue weighted by Crippen LogP contribution is -3.04. The molecule has 0 aliphatic rings. The minimum atomic E-state index is 0.245. The molecular weight excluding hydrogens is 92.1 g/mol. The first-order valence-corrected chi connectivity index (χ1v) is 2.41. The average Bonchev–Trinajstić information content (AvgIpc) is 1.61. The van der Waals surface area contributed by atoms with E-state index in [-0.39, 0.29) is 5.06 Å². The second-order valence-electron chi connectivity index (χ2n) is 1.56. The highest BCUT2D eigenvalue weighted by atomic mass is 16.5. The fourth-order valence-corrected chi connectivity index (χ4v) is 0.301. The molecule has 0 radical (unpaired) electrons. The van der Waals surface area contributed by atoms with Gasteiger partial charge >= 0.3 is 0 Å². The summed E-state index contributed by atoms with van der Waals surface area (Å²) in [6, 6.07) is 0. The largest absolute Gasteiger partial charge is 0.634 e. The molecule has 0 aliphatic carbocycles. The van der Waals surface area contributed by atoms with Crippen molar-refractivity contribution in [1.82, 2.24) is 5.32 Å². The maximum Gasteiger partial charge on any atom is 0.0892 e. The average molecular weight is 104 g/mol. The van der Waals surface area contributed by atoms with Crippen LogP contribution >= 0.6 is 0 Å². The van der Waals surface area contributed by atoms with Crippen molar-refractivity contribution in [2.75, 3.05) is 27.2 Å². The van der Waals surface area contributed by atoms with Crippen LogP contribution in [0.25, 0.3) is 0 Å². The van der Waals surface area contributed by atoms with E-state index in [1.54, 1.807) is 7.05 Å². The Morgan fingerprint density at radius 3 is 2.43 bits per heavy atom. The number of hydrogen-bond acceptors (Lipinski definition) is 2. The van der Waals surface area contributed by atoms with Gasteiger partial charge in [-0.3, -0.25) is 0 Å². The molecule has 0 amide bonds. The lowest BCUT2D eigenvalue weighted by molar-refractivity contribution is -0.824. The van der Waals surface area contributed by atoms with Crippen molar-refractivity contribution in [3.63, 3.8) is 0 Å². The van der Waals surface area contributed by atoms with E-state index in [2.05, 4.69) is 5.32 Å². The van der Waals surface area contributed by atoms with Gasteiger partial charge in [-0.25, -0.2) is 0 Å². The summed E-state index contributed by atoms with van der Waals surface area (Å²) in [5.41, 5.74) is 0. The molecule has 7 heavy (non-hydrogen) atoms. The van der Waals surface area contributed by atoms with Crippen LogP contribution < -0.4 is 10.4 Å². The zero-order valence-corrected chi connectivity index (χ0v) is 4.82. The predicted octanol–water partition coefficient (Wildman–Crippen LogP) is -1.78. The smallest absolute Gasteiger partial charge is 0.0892 e. The molecule has 2 N–H and O–H groups in total. The highest BCUT2D eigenvalue weighted by molar-refractivity contribution is 4.30. The Balaban J connectivity index is 2.68. The van der Waals surface area contributed by atoms with E-state index >= 15 is 0 Å². The number of rotatable bonds is 3. The fraction of sp³-hybridized carbons (Fsp3) is 1.00. The number of hydroxylamine groups is 2. The summed E-state index contributed by atoms with van der Waals surface area (Å²) < 4.78 is 0. The van der Waals surface area contributed by atoms with Crippen molar-refractivity contribution < 1.29 is 5.06 Å². The van der Waals surface area contributed by atoms with Gasteiger partial charge in [0, 0.05) is 6.54 Å². The molecule has 0 aromatic carbocycles. The van der Waals surface area contributed by atoms with Gasteiger partial charge in [0.15, 0.2) is 0 Å². The highest BCUT2D eigenvalue weighted by Crippen LogP contribution is 1.39. The van der Waals surface area contributed by atoms with Gasteiger partial charge < -0.3 is 15.6 Å². The second-order valence-corrected chi connectivity index (χ2v) is 1.56. The highest BCUT2D eigenvalue weighted by Gasteiger charge is 1.81. The Kier molecular flexibility index (Phi) is 3.98. The minimum Gasteiger partial charge on any atom is -0.634 e. The van der Waals surface area contributed by atoms with Gasteiger partial charge in [-0.1, -0.05) is 0 Å². The van der Waals surface area contributed by atoms with E-state index in [4.69, 9.17) is 0 Å². The molecule has 1 unspecified atom stereocenters. The monoisotopic (exact) mass is 104 g/mol. The molecular formula is C4H12N2O. The van der Waals surface area contributed by atoms with E-state index in [0.29, 0.717) is 6.54 Å². The number of hydrogen-bond donors (Lipinski definition) is 2. The molecule has 0 aromatic heterocycles. The Morgan fingerprint density at radius 2 is 2.29 bits per heavy atom. The summed E-state index contributed by atoms with van der Waals surface area (Å²) >= 11 is 0. The van der Waals surface area contributed by atoms with E-state index in [0.717, 1.165) is 6.54 Å². The molecule has 44 valence electrons. The van der Waals surface area contributed by atoms with E-state index in [9.17, 15) is 5.21 Å². The normalized spacial score (nSPS) is 14.1. The van der Waals surface area contributed by atoms with Crippen LogP contribution in [0.15, 0.2) is 0 Å². The van der Waals surface area contributed by atoms with Crippen LogP contribution in [0.3, 0.4) is 0 Å². The van der Waals surface area contributed by atoms with E-state index in [1.807, 2.05) is 7.05 Å². The predicted molar refractivity (Wildman–Crippen MR) is 29.0 cm³/mol. The summed E-state index contributed by atoms with van der Waals surface area (Å²) in [7, 11) is 3.43. The number of likely N-dealkylation sites (N-methyl/N-ethyl adjacent to an activating group) is 2. The molecule has 0 fully saturated rings. The van der Waals surface area contributed by atoms with Crippen LogP contribution in [0.2, 0.25) is 0 Å². The third-order valence-electron chi connectivity index (χ3n) is 0.727. The van der Waals surface area contributed by atoms with E-state index < -0.39 is 0 Å². The molecule has 0 bridgehead atoms. The molecule has 3 nitrogen and oxygen atoms in total. The van der Waals surface area contributed by atoms with Crippen molar-refractivity contribution >= 4 is 0 Å². The lowest BCUT2D eigenvalue weighted by atomic mass is 10.6. The lowest BCUT2D eigenvalue weighted by Gasteiger charge is -2.14. The maximum atomic E-state index is 10.2. The van der Waals surface area contributed by atoms with Gasteiger partial charge in [0.1, 0.15) is 0 Å². The summed E-state index contributed by atoms with van der Waals surface area (Å²) in [6.07, 6.45) is 0. The Bertz CT molecular complexity index is 38.7. The Morgan fingerprint density at radius 1 is 1.71 bits per heavy atom. The summed E-state index contributed by atoms with van der Waals surface area (Å²) in [5, 5.41) is 13.3. The SMILES string of the molecule is CNCC[NH+](C)[O-]. The molecule has 0 saturated heterocycles. The third-order valence-corrected chi connectivity index (χ3v) is 0.727. The molecule has 3 heteroatoms. The third kappa shape index (κ3) is 5.88. The quantitative estimate of drug-likeness (QED) is 0.415. The van der Waals surface area contributed by atoms with Crippen molar-refractivity contribution in [2.24, 2.45) is 0 Å². The molecule has 0 aromatic rings. The van der Waals surface area contributed by atoms with Crippen LogP contribution in [0, 0.1) is 5.21 Å². The van der Waals surface area contributed by atoms with Crippen LogP contribution in [-0.4, -0.2) is 27.2 Å². The van der Waals surface area contributed by atoms with Crippen molar-refractivity contribution in [2.45, 2.75) is 0 Å². The molecule has 0 saturated carbocycles. The van der Waals surface area contributed by atoms with Crippen LogP contribution in [0.5, 0.6) is 0 Å². The molecule has 0 rings (SSSR count). The minimum absolute atomic E-state index is 0.245. The van der Waals surface area contributed by atoms with Crippen molar-refractivity contribution in [3.05, 3.63) is 5.21 Å². The standard InChI is InChI=1S/C4H12N2O/c1-5-3-4-6(2)7/h5-6H,3-4H2,1-2H3. The maximum absolute atomic E-state index is 10.2. The topological polar surface area (TPSA) is 39.5 Å². The first-order chi connectivity index (χ1) is 3.27. The van der Waals surface area contributed by atoms with Crippen LogP contribution in [-0.2, 0) is 0 Å². The number of quaternary nitrogens is 1. The second kappa shape index (κ2) is 4.05. The van der Waals surface area contributed by atoms with Gasteiger partial charge in [-0.15, -0.1) is 0 Å². The summed E-state index contributed by atoms with van der Waals surface area (Å²) in [4.78, 5) is 0. The molecule has 0 spiro atoms. The fourth-order valence-electron chi connectivity index (χ4n) is 0.301. The summed E-state index contributed by atoms with van der Waals surface area (Å²) in [6.45, 7) is 1.45. The van der Waals surface area contributed by atoms with Crippen LogP contribution in [0.4, 0.5) is 0 Å². The van der Waals surface area contributed by atoms with Crippen molar-refractivity contribution in [3.8, 4) is 0 Å². The van der Waals surface area contributed by atoms with Gasteiger partial charge in [0.2, 0.25) is 0 Å². The Labute approximate surface area is 43.9 Å². The zero-order chi connectivity index (χ0) is 5.70. The molecule has 0 aliphatic heterocycles.